The molecule has 12 heteroatoms. The molecule has 1 atom stereocenters. The third kappa shape index (κ3) is 8.35. The summed E-state index contributed by atoms with van der Waals surface area (Å²) in [4.78, 5) is 16.7. The van der Waals surface area contributed by atoms with Gasteiger partial charge in [-0.2, -0.15) is 8.42 Å². The van der Waals surface area contributed by atoms with E-state index < -0.39 is 16.5 Å². The average Bonchev–Trinajstić information content (AvgIpc) is 2.80. The third-order valence-electron chi connectivity index (χ3n) is 5.81. The van der Waals surface area contributed by atoms with Crippen LogP contribution in [0.3, 0.4) is 0 Å². The minimum atomic E-state index is -4.68. The molecule has 0 aromatic heterocycles. The molecule has 36 heavy (non-hydrogen) atoms. The Bertz CT molecular complexity index is 1130. The van der Waals surface area contributed by atoms with E-state index in [4.69, 9.17) is 14.0 Å². The van der Waals surface area contributed by atoms with Crippen molar-refractivity contribution >= 4 is 22.0 Å². The van der Waals surface area contributed by atoms with Crippen molar-refractivity contribution in [2.24, 2.45) is 0 Å². The summed E-state index contributed by atoms with van der Waals surface area (Å²) in [6.45, 7) is 7.30. The number of methoxy groups -OCH3 is 1. The first kappa shape index (κ1) is 27.7. The van der Waals surface area contributed by atoms with Gasteiger partial charge in [0.25, 0.3) is 0 Å². The zero-order valence-corrected chi connectivity index (χ0v) is 21.5. The van der Waals surface area contributed by atoms with Crippen LogP contribution in [0.2, 0.25) is 0 Å². The van der Waals surface area contributed by atoms with Gasteiger partial charge < -0.3 is 24.1 Å². The summed E-state index contributed by atoms with van der Waals surface area (Å²) < 4.78 is 46.0. The van der Waals surface area contributed by atoms with Crippen molar-refractivity contribution in [1.82, 2.24) is 9.80 Å². The molecule has 198 valence electrons. The first-order chi connectivity index (χ1) is 17.0. The summed E-state index contributed by atoms with van der Waals surface area (Å²) in [5.41, 5.74) is 2.91. The number of aliphatic hydroxyl groups excluding tert-OH is 1. The first-order valence-corrected chi connectivity index (χ1v) is 12.9. The van der Waals surface area contributed by atoms with Crippen LogP contribution in [-0.2, 0) is 15.2 Å². The number of β-amino-alcohol motifs (C(OH)–C–C–N with tert-alkyl or cyclic N) is 1. The van der Waals surface area contributed by atoms with Crippen molar-refractivity contribution in [3.63, 3.8) is 0 Å². The number of nitrogens with one attached hydrogen (secondary N) is 1. The van der Waals surface area contributed by atoms with E-state index >= 15 is 0 Å². The predicted molar refractivity (Wildman–Crippen MR) is 134 cm³/mol. The number of hydrogen-bond acceptors (Lipinski definition) is 9. The molecule has 0 aliphatic carbocycles. The molecular weight excluding hydrogens is 490 g/mol. The van der Waals surface area contributed by atoms with E-state index in [1.807, 2.05) is 32.0 Å². The van der Waals surface area contributed by atoms with E-state index in [0.29, 0.717) is 45.0 Å². The standard InChI is InChI=1S/C24H33N3O8S/c1-17-5-4-6-18(2)24(17)25-23(29)15-27-11-9-26(10-12-27)14-19(28)16-34-22-13-20(35-36(30,31)32)7-8-21(22)33-3/h4-8,13,19,28H,9-12,14-16H2,1-3H3,(H,25,29)(H,30,31,32). The number of amides is 1. The lowest BCUT2D eigenvalue weighted by molar-refractivity contribution is -0.117. The Hall–Kier alpha value is -2.90. The highest BCUT2D eigenvalue weighted by molar-refractivity contribution is 7.81. The fourth-order valence-electron chi connectivity index (χ4n) is 4.00. The van der Waals surface area contributed by atoms with Gasteiger partial charge in [-0.15, -0.1) is 0 Å². The summed E-state index contributed by atoms with van der Waals surface area (Å²) in [6, 6.07) is 9.88. The van der Waals surface area contributed by atoms with Gasteiger partial charge >= 0.3 is 10.4 Å². The van der Waals surface area contributed by atoms with Crippen LogP contribution in [-0.4, -0.2) is 92.9 Å². The number of aliphatic hydroxyl groups is 1. The molecule has 1 saturated heterocycles. The average molecular weight is 524 g/mol. The van der Waals surface area contributed by atoms with Crippen LogP contribution in [0.4, 0.5) is 5.69 Å². The number of ether oxygens (including phenoxy) is 2. The summed E-state index contributed by atoms with van der Waals surface area (Å²) in [5, 5.41) is 13.5. The van der Waals surface area contributed by atoms with Crippen molar-refractivity contribution in [1.29, 1.82) is 0 Å². The number of hydrogen-bond donors (Lipinski definition) is 3. The predicted octanol–water partition coefficient (Wildman–Crippen LogP) is 1.49. The summed E-state index contributed by atoms with van der Waals surface area (Å²) in [7, 11) is -3.26. The molecule has 0 radical (unpaired) electrons. The lowest BCUT2D eigenvalue weighted by Gasteiger charge is -2.35. The normalized spacial score (nSPS) is 15.8. The maximum Gasteiger partial charge on any atom is 0.446 e. The minimum absolute atomic E-state index is 0.0524. The number of carbonyl (C=O) groups is 1. The Labute approximate surface area is 211 Å². The number of piperazine rings is 1. The van der Waals surface area contributed by atoms with Gasteiger partial charge in [0.15, 0.2) is 11.5 Å². The van der Waals surface area contributed by atoms with Crippen molar-refractivity contribution in [2.45, 2.75) is 20.0 Å². The van der Waals surface area contributed by atoms with E-state index in [0.717, 1.165) is 16.8 Å². The number of nitrogens with zero attached hydrogens (tertiary/aromatic N) is 2. The van der Waals surface area contributed by atoms with Crippen molar-refractivity contribution in [3.8, 4) is 17.2 Å². The maximum absolute atomic E-state index is 12.5. The number of rotatable bonds is 11. The van der Waals surface area contributed by atoms with Crippen LogP contribution in [0.1, 0.15) is 11.1 Å². The molecule has 2 aromatic rings. The molecule has 0 saturated carbocycles. The van der Waals surface area contributed by atoms with Crippen LogP contribution >= 0.6 is 0 Å². The monoisotopic (exact) mass is 523 g/mol. The molecule has 3 N–H and O–H groups in total. The maximum atomic E-state index is 12.5. The minimum Gasteiger partial charge on any atom is -0.493 e. The van der Waals surface area contributed by atoms with Gasteiger partial charge in [-0.1, -0.05) is 18.2 Å². The number of benzene rings is 2. The highest BCUT2D eigenvalue weighted by atomic mass is 32.3. The summed E-state index contributed by atoms with van der Waals surface area (Å²) >= 11 is 0. The summed E-state index contributed by atoms with van der Waals surface area (Å²) in [5.74, 6) is 0.277. The van der Waals surface area contributed by atoms with E-state index in [9.17, 15) is 18.3 Å². The lowest BCUT2D eigenvalue weighted by atomic mass is 10.1. The van der Waals surface area contributed by atoms with Gasteiger partial charge in [-0.25, -0.2) is 0 Å². The Morgan fingerprint density at radius 3 is 2.31 bits per heavy atom. The second-order valence-corrected chi connectivity index (χ2v) is 9.70. The number of anilines is 1. The van der Waals surface area contributed by atoms with Crippen LogP contribution in [0.25, 0.3) is 0 Å². The molecule has 2 aromatic carbocycles. The Morgan fingerprint density at radius 1 is 1.06 bits per heavy atom. The van der Waals surface area contributed by atoms with Gasteiger partial charge in [0, 0.05) is 44.5 Å². The van der Waals surface area contributed by atoms with Gasteiger partial charge in [0.05, 0.1) is 13.7 Å². The summed E-state index contributed by atoms with van der Waals surface area (Å²) in [6.07, 6.45) is -0.820. The van der Waals surface area contributed by atoms with Gasteiger partial charge in [-0.3, -0.25) is 19.1 Å². The quantitative estimate of drug-likeness (QED) is 0.371. The molecule has 1 aliphatic heterocycles. The third-order valence-corrected chi connectivity index (χ3v) is 6.22. The van der Waals surface area contributed by atoms with Crippen LogP contribution in [0.15, 0.2) is 36.4 Å². The van der Waals surface area contributed by atoms with E-state index in [-0.39, 0.29) is 24.0 Å². The molecule has 1 amide bonds. The fraction of sp³-hybridized carbons (Fsp3) is 0.458. The molecule has 1 fully saturated rings. The van der Waals surface area contributed by atoms with Gasteiger partial charge in [0.2, 0.25) is 5.91 Å². The SMILES string of the molecule is COc1ccc(OS(=O)(=O)O)cc1OCC(O)CN1CCN(CC(=O)Nc2c(C)cccc2C)CC1. The van der Waals surface area contributed by atoms with E-state index in [2.05, 4.69) is 19.3 Å². The molecule has 1 unspecified atom stereocenters. The number of para-hydroxylation sites is 1. The topological polar surface area (TPSA) is 138 Å². The highest BCUT2D eigenvalue weighted by Crippen LogP contribution is 2.32. The van der Waals surface area contributed by atoms with Crippen LogP contribution in [0.5, 0.6) is 17.2 Å². The van der Waals surface area contributed by atoms with E-state index in [1.54, 1.807) is 0 Å². The largest absolute Gasteiger partial charge is 0.493 e. The van der Waals surface area contributed by atoms with Crippen molar-refractivity contribution < 1.29 is 36.5 Å². The van der Waals surface area contributed by atoms with Gasteiger partial charge in [0.1, 0.15) is 18.5 Å². The molecule has 0 bridgehead atoms. The molecule has 0 spiro atoms. The molecule has 1 heterocycles. The smallest absolute Gasteiger partial charge is 0.446 e. The van der Waals surface area contributed by atoms with Crippen molar-refractivity contribution in [3.05, 3.63) is 47.5 Å². The second-order valence-electron chi connectivity index (χ2n) is 8.68. The van der Waals surface area contributed by atoms with Crippen LogP contribution < -0.4 is 19.0 Å². The zero-order chi connectivity index (χ0) is 26.3. The Morgan fingerprint density at radius 2 is 1.69 bits per heavy atom. The van der Waals surface area contributed by atoms with Crippen molar-refractivity contribution in [2.75, 3.05) is 58.3 Å². The lowest BCUT2D eigenvalue weighted by Crippen LogP contribution is -2.50. The Kier molecular flexibility index (Phi) is 9.51. The number of carbonyl (C=O) groups excluding carboxylic acids is 1. The molecule has 3 rings (SSSR count). The Balaban J connectivity index is 1.43. The van der Waals surface area contributed by atoms with Crippen LogP contribution in [0, 0.1) is 13.8 Å². The molecule has 1 aliphatic rings. The van der Waals surface area contributed by atoms with E-state index in [1.165, 1.54) is 25.3 Å². The fourth-order valence-corrected chi connectivity index (χ4v) is 4.35. The zero-order valence-electron chi connectivity index (χ0n) is 20.6. The number of aryl methyl sites for hydroxylation is 2. The molecule has 11 nitrogen and oxygen atoms in total. The first-order valence-electron chi connectivity index (χ1n) is 11.5. The highest BCUT2D eigenvalue weighted by Gasteiger charge is 2.22. The van der Waals surface area contributed by atoms with Gasteiger partial charge in [-0.05, 0) is 37.1 Å². The molecular formula is C24H33N3O8S. The second kappa shape index (κ2) is 12.4.